The number of carbonyl (C=O) groups is 1. The second-order valence-electron chi connectivity index (χ2n) is 14.3. The molecule has 0 aliphatic carbocycles. The van der Waals surface area contributed by atoms with Crippen LogP contribution in [-0.4, -0.2) is 92.9 Å². The van der Waals surface area contributed by atoms with E-state index in [-0.39, 0.29) is 17.2 Å². The molecule has 1 saturated heterocycles. The first-order valence-corrected chi connectivity index (χ1v) is 20.2. The highest BCUT2D eigenvalue weighted by Crippen LogP contribution is 2.35. The molecule has 1 fully saturated rings. The Morgan fingerprint density at radius 3 is 2.00 bits per heavy atom. The largest absolute Gasteiger partial charge is 0.493 e. The Balaban J connectivity index is 1.82. The van der Waals surface area contributed by atoms with Crippen LogP contribution < -0.4 is 4.74 Å². The number of halogens is 2. The van der Waals surface area contributed by atoms with Crippen LogP contribution in [0.3, 0.4) is 0 Å². The third-order valence-electron chi connectivity index (χ3n) is 9.10. The number of ether oxygens (including phenoxy) is 1. The monoisotopic (exact) mass is 742 g/mol. The molecular formula is C39H52Cl2N4O4S. The lowest BCUT2D eigenvalue weighted by Crippen LogP contribution is -2.54. The highest BCUT2D eigenvalue weighted by Gasteiger charge is 2.34. The molecule has 3 aromatic carbocycles. The van der Waals surface area contributed by atoms with Gasteiger partial charge < -0.3 is 9.64 Å². The minimum absolute atomic E-state index is 0.116. The Kier molecular flexibility index (Phi) is 13.4. The zero-order chi connectivity index (χ0) is 36.7. The molecule has 1 atom stereocenters. The number of urea groups is 1. The van der Waals surface area contributed by atoms with Crippen LogP contribution in [0.4, 0.5) is 4.79 Å². The zero-order valence-corrected chi connectivity index (χ0v) is 32.8. The van der Waals surface area contributed by atoms with Crippen LogP contribution in [-0.2, 0) is 27.2 Å². The van der Waals surface area contributed by atoms with Gasteiger partial charge in [-0.1, -0.05) is 74.3 Å². The standard InChI is InChI=1S/C39H52Cl2N4O4S/c1-8-45(37(46)44-24-22-43(23-25-44)21-10-26-50(7,47)48)36(34-20-15-31(38(3,4)5)27-35(34)49-9-2)42-39(6,30-13-18-33(41)19-14-30)28-29-11-16-32(40)17-12-29/h11-20,27H,8-10,21-26,28H2,1-7H3/b42-36-. The molecule has 0 spiro atoms. The van der Waals surface area contributed by atoms with Crippen LogP contribution in [0.2, 0.25) is 10.0 Å². The number of amides is 2. The van der Waals surface area contributed by atoms with Crippen molar-refractivity contribution in [1.82, 2.24) is 14.7 Å². The SMILES string of the molecule is CCOc1cc(C(C)(C)C)ccc1/C(=N/C(C)(Cc1ccc(Cl)cc1)c1ccc(Cl)cc1)N(CC)C(=O)N1CCN(CCCS(C)(=O)=O)CC1. The zero-order valence-electron chi connectivity index (χ0n) is 30.5. The summed E-state index contributed by atoms with van der Waals surface area (Å²) >= 11 is 12.6. The van der Waals surface area contributed by atoms with Gasteiger partial charge in [0.05, 0.1) is 23.5 Å². The topological polar surface area (TPSA) is 82.5 Å². The molecule has 8 nitrogen and oxygen atoms in total. The molecule has 1 aliphatic heterocycles. The van der Waals surface area contributed by atoms with Gasteiger partial charge in [0.2, 0.25) is 0 Å². The number of hydrogen-bond acceptors (Lipinski definition) is 6. The highest BCUT2D eigenvalue weighted by atomic mass is 35.5. The fourth-order valence-electron chi connectivity index (χ4n) is 6.22. The number of aliphatic imine (C=N–C) groups is 1. The molecule has 50 heavy (non-hydrogen) atoms. The lowest BCUT2D eigenvalue weighted by atomic mass is 9.85. The minimum Gasteiger partial charge on any atom is -0.493 e. The second kappa shape index (κ2) is 16.9. The van der Waals surface area contributed by atoms with Crippen LogP contribution in [0.25, 0.3) is 0 Å². The summed E-state index contributed by atoms with van der Waals surface area (Å²) in [4.78, 5) is 26.0. The summed E-state index contributed by atoms with van der Waals surface area (Å²) in [5, 5.41) is 1.29. The van der Waals surface area contributed by atoms with Crippen molar-refractivity contribution < 1.29 is 17.9 Å². The van der Waals surface area contributed by atoms with Gasteiger partial charge in [-0.2, -0.15) is 0 Å². The highest BCUT2D eigenvalue weighted by molar-refractivity contribution is 7.90. The van der Waals surface area contributed by atoms with Crippen LogP contribution in [0.15, 0.2) is 71.7 Å². The summed E-state index contributed by atoms with van der Waals surface area (Å²) < 4.78 is 29.6. The summed E-state index contributed by atoms with van der Waals surface area (Å²) in [6, 6.07) is 21.6. The molecule has 0 aromatic heterocycles. The number of piperazine rings is 1. The predicted molar refractivity (Wildman–Crippen MR) is 207 cm³/mol. The molecule has 0 N–H and O–H groups in total. The van der Waals surface area contributed by atoms with Crippen LogP contribution in [0.1, 0.15) is 70.2 Å². The first kappa shape index (κ1) is 39.7. The van der Waals surface area contributed by atoms with Crippen molar-refractivity contribution in [2.75, 3.05) is 57.9 Å². The van der Waals surface area contributed by atoms with Gasteiger partial charge in [-0.3, -0.25) is 14.8 Å². The second-order valence-corrected chi connectivity index (χ2v) is 17.4. The van der Waals surface area contributed by atoms with E-state index in [1.807, 2.05) is 73.3 Å². The molecule has 0 radical (unpaired) electrons. The maximum absolute atomic E-state index is 14.6. The van der Waals surface area contributed by atoms with E-state index in [9.17, 15) is 13.2 Å². The maximum atomic E-state index is 14.6. The number of benzene rings is 3. The average molecular weight is 744 g/mol. The molecule has 11 heteroatoms. The molecule has 3 aromatic rings. The van der Waals surface area contributed by atoms with Crippen molar-refractivity contribution in [3.05, 3.63) is 99.0 Å². The van der Waals surface area contributed by atoms with E-state index >= 15 is 0 Å². The van der Waals surface area contributed by atoms with Gasteiger partial charge in [-0.25, -0.2) is 13.2 Å². The first-order valence-electron chi connectivity index (χ1n) is 17.4. The van der Waals surface area contributed by atoms with Crippen molar-refractivity contribution in [3.63, 3.8) is 0 Å². The van der Waals surface area contributed by atoms with E-state index in [0.717, 1.165) is 22.3 Å². The fourth-order valence-corrected chi connectivity index (χ4v) is 7.13. The molecule has 1 unspecified atom stereocenters. The summed E-state index contributed by atoms with van der Waals surface area (Å²) in [6.45, 7) is 16.4. The molecule has 0 saturated carbocycles. The molecule has 4 rings (SSSR count). The van der Waals surface area contributed by atoms with Crippen LogP contribution in [0.5, 0.6) is 5.75 Å². The van der Waals surface area contributed by atoms with Gasteiger partial charge in [0, 0.05) is 55.4 Å². The molecule has 272 valence electrons. The summed E-state index contributed by atoms with van der Waals surface area (Å²) in [5.74, 6) is 1.36. The van der Waals surface area contributed by atoms with Crippen LogP contribution in [0, 0.1) is 0 Å². The molecule has 0 bridgehead atoms. The molecule has 1 aliphatic rings. The Bertz CT molecular complexity index is 1730. The van der Waals surface area contributed by atoms with Gasteiger partial charge in [0.15, 0.2) is 0 Å². The van der Waals surface area contributed by atoms with Gasteiger partial charge >= 0.3 is 6.03 Å². The number of amidine groups is 1. The van der Waals surface area contributed by atoms with E-state index in [0.29, 0.717) is 80.3 Å². The molecule has 1 heterocycles. The summed E-state index contributed by atoms with van der Waals surface area (Å²) in [7, 11) is -3.01. The Hall–Kier alpha value is -3.11. The van der Waals surface area contributed by atoms with Crippen molar-refractivity contribution >= 4 is 44.9 Å². The van der Waals surface area contributed by atoms with E-state index in [2.05, 4.69) is 44.7 Å². The quantitative estimate of drug-likeness (QED) is 0.138. The fraction of sp³-hybridized carbons (Fsp3) is 0.487. The average Bonchev–Trinajstić information content (AvgIpc) is 3.05. The normalized spacial score (nSPS) is 15.9. The van der Waals surface area contributed by atoms with Gasteiger partial charge in [-0.15, -0.1) is 0 Å². The van der Waals surface area contributed by atoms with Crippen molar-refractivity contribution in [2.45, 2.75) is 65.3 Å². The van der Waals surface area contributed by atoms with E-state index in [4.69, 9.17) is 32.9 Å². The van der Waals surface area contributed by atoms with Crippen molar-refractivity contribution in [3.8, 4) is 5.75 Å². The van der Waals surface area contributed by atoms with E-state index in [1.165, 1.54) is 6.26 Å². The summed E-state index contributed by atoms with van der Waals surface area (Å²) in [5.41, 5.74) is 2.92. The van der Waals surface area contributed by atoms with Crippen LogP contribution >= 0.6 is 23.2 Å². The van der Waals surface area contributed by atoms with E-state index in [1.54, 1.807) is 4.90 Å². The Labute approximate surface area is 309 Å². The number of carbonyl (C=O) groups excluding carboxylic acids is 1. The molecular weight excluding hydrogens is 691 g/mol. The predicted octanol–water partition coefficient (Wildman–Crippen LogP) is 8.09. The number of nitrogens with zero attached hydrogens (tertiary/aromatic N) is 4. The Morgan fingerprint density at radius 2 is 1.46 bits per heavy atom. The van der Waals surface area contributed by atoms with Gasteiger partial charge in [0.25, 0.3) is 0 Å². The van der Waals surface area contributed by atoms with Gasteiger partial charge in [0.1, 0.15) is 21.4 Å². The third-order valence-corrected chi connectivity index (χ3v) is 10.6. The van der Waals surface area contributed by atoms with Gasteiger partial charge in [-0.05, 0) is 92.2 Å². The lowest BCUT2D eigenvalue weighted by Gasteiger charge is -2.38. The van der Waals surface area contributed by atoms with E-state index < -0.39 is 15.4 Å². The number of sulfone groups is 1. The number of hydrogen-bond donors (Lipinski definition) is 0. The number of rotatable bonds is 12. The van der Waals surface area contributed by atoms with Crippen molar-refractivity contribution in [2.24, 2.45) is 4.99 Å². The maximum Gasteiger partial charge on any atom is 0.325 e. The smallest absolute Gasteiger partial charge is 0.325 e. The Morgan fingerprint density at radius 1 is 0.880 bits per heavy atom. The van der Waals surface area contributed by atoms with Crippen molar-refractivity contribution in [1.29, 1.82) is 0 Å². The third kappa shape index (κ3) is 10.7. The molecule has 2 amide bonds. The first-order chi connectivity index (χ1) is 23.5. The lowest BCUT2D eigenvalue weighted by molar-refractivity contribution is 0.126. The summed E-state index contributed by atoms with van der Waals surface area (Å²) in [6.07, 6.45) is 2.38. The minimum atomic E-state index is -3.01.